The fourth-order valence-electron chi connectivity index (χ4n) is 1.38. The number of rotatable bonds is 1. The lowest BCUT2D eigenvalue weighted by Gasteiger charge is -2.10. The maximum atomic E-state index is 13.5. The van der Waals surface area contributed by atoms with Crippen LogP contribution in [0, 0.1) is 10.6 Å². The summed E-state index contributed by atoms with van der Waals surface area (Å²) in [5.41, 5.74) is -1.15. The summed E-state index contributed by atoms with van der Waals surface area (Å²) in [6, 6.07) is 2.18. The van der Waals surface area contributed by atoms with Crippen LogP contribution in [0.5, 0.6) is 0 Å². The molecule has 7 heteroatoms. The normalized spacial score (nSPS) is 11.8. The molecule has 2 rings (SSSR count). The molecule has 2 nitrogen and oxygen atoms in total. The van der Waals surface area contributed by atoms with Gasteiger partial charge in [0.05, 0.1) is 11.3 Å². The van der Waals surface area contributed by atoms with E-state index in [0.717, 1.165) is 16.7 Å². The van der Waals surface area contributed by atoms with Crippen molar-refractivity contribution >= 4 is 12.2 Å². The number of alkyl halides is 3. The Morgan fingerprint density at radius 2 is 1.94 bits per heavy atom. The Morgan fingerprint density at radius 1 is 1.24 bits per heavy atom. The molecule has 0 aliphatic carbocycles. The van der Waals surface area contributed by atoms with Gasteiger partial charge in [0.25, 0.3) is 0 Å². The van der Waals surface area contributed by atoms with Gasteiger partial charge in [-0.1, -0.05) is 0 Å². The number of H-pyrrole nitrogens is 1. The standard InChI is InChI=1S/C10H6F4N2S/c11-7-2-1-6(10(12,13)14)5-8(7)16-4-3-15-9(16)17/h1-5H,(H,15,17). The predicted molar refractivity (Wildman–Crippen MR) is 55.9 cm³/mol. The molecular weight excluding hydrogens is 256 g/mol. The number of hydrogen-bond donors (Lipinski definition) is 1. The molecule has 0 radical (unpaired) electrons. The van der Waals surface area contributed by atoms with Gasteiger partial charge in [-0.25, -0.2) is 4.39 Å². The van der Waals surface area contributed by atoms with E-state index in [1.807, 2.05) is 0 Å². The second-order valence-corrected chi connectivity index (χ2v) is 3.69. The molecule has 90 valence electrons. The monoisotopic (exact) mass is 262 g/mol. The lowest BCUT2D eigenvalue weighted by atomic mass is 10.2. The second kappa shape index (κ2) is 3.99. The van der Waals surface area contributed by atoms with Crippen molar-refractivity contribution in [3.05, 3.63) is 46.7 Å². The highest BCUT2D eigenvalue weighted by atomic mass is 32.1. The number of nitrogens with one attached hydrogen (secondary N) is 1. The third kappa shape index (κ3) is 2.23. The van der Waals surface area contributed by atoms with Crippen LogP contribution in [0.25, 0.3) is 5.69 Å². The van der Waals surface area contributed by atoms with Crippen LogP contribution in [0.15, 0.2) is 30.6 Å². The van der Waals surface area contributed by atoms with Crippen molar-refractivity contribution < 1.29 is 17.6 Å². The number of aromatic nitrogens is 2. The molecule has 1 aromatic heterocycles. The molecule has 0 aliphatic rings. The zero-order chi connectivity index (χ0) is 12.6. The van der Waals surface area contributed by atoms with Crippen LogP contribution >= 0.6 is 12.2 Å². The molecule has 1 heterocycles. The van der Waals surface area contributed by atoms with E-state index < -0.39 is 17.6 Å². The first kappa shape index (κ1) is 11.8. The highest BCUT2D eigenvalue weighted by Crippen LogP contribution is 2.31. The largest absolute Gasteiger partial charge is 0.416 e. The Kier molecular flexibility index (Phi) is 2.78. The Bertz CT molecular complexity index is 597. The maximum absolute atomic E-state index is 13.5. The lowest BCUT2D eigenvalue weighted by molar-refractivity contribution is -0.137. The van der Waals surface area contributed by atoms with Crippen molar-refractivity contribution in [2.24, 2.45) is 0 Å². The SMILES string of the molecule is Fc1ccc(C(F)(F)F)cc1-n1cc[nH]c1=S. The number of benzene rings is 1. The van der Waals surface area contributed by atoms with Gasteiger partial charge in [-0.2, -0.15) is 13.2 Å². The minimum Gasteiger partial charge on any atom is -0.337 e. The molecule has 0 fully saturated rings. The number of nitrogens with zero attached hydrogens (tertiary/aromatic N) is 1. The zero-order valence-electron chi connectivity index (χ0n) is 8.25. The molecule has 0 saturated carbocycles. The molecule has 0 saturated heterocycles. The predicted octanol–water partition coefficient (Wildman–Crippen LogP) is 3.69. The first-order valence-electron chi connectivity index (χ1n) is 4.53. The average Bonchev–Trinajstić information content (AvgIpc) is 2.63. The molecule has 1 N–H and O–H groups in total. The summed E-state index contributed by atoms with van der Waals surface area (Å²) in [6.45, 7) is 0. The Balaban J connectivity index is 2.63. The summed E-state index contributed by atoms with van der Waals surface area (Å²) in [6.07, 6.45) is -1.73. The van der Waals surface area contributed by atoms with E-state index in [-0.39, 0.29) is 10.5 Å². The number of halogens is 4. The van der Waals surface area contributed by atoms with Crippen LogP contribution < -0.4 is 0 Å². The minimum atomic E-state index is -4.51. The van der Waals surface area contributed by atoms with Gasteiger partial charge in [-0.3, -0.25) is 4.57 Å². The molecule has 2 aromatic rings. The van der Waals surface area contributed by atoms with Crippen molar-refractivity contribution in [2.45, 2.75) is 6.18 Å². The van der Waals surface area contributed by atoms with E-state index >= 15 is 0 Å². The highest BCUT2D eigenvalue weighted by Gasteiger charge is 2.31. The van der Waals surface area contributed by atoms with Crippen LogP contribution in [-0.4, -0.2) is 9.55 Å². The smallest absolute Gasteiger partial charge is 0.337 e. The summed E-state index contributed by atoms with van der Waals surface area (Å²) in [7, 11) is 0. The van der Waals surface area contributed by atoms with Gasteiger partial charge in [-0.15, -0.1) is 0 Å². The minimum absolute atomic E-state index is 0.128. The molecule has 0 amide bonds. The van der Waals surface area contributed by atoms with E-state index in [2.05, 4.69) is 4.98 Å². The molecule has 1 aromatic carbocycles. The van der Waals surface area contributed by atoms with E-state index in [0.29, 0.717) is 6.07 Å². The lowest BCUT2D eigenvalue weighted by Crippen LogP contribution is -2.07. The van der Waals surface area contributed by atoms with Crippen molar-refractivity contribution in [2.75, 3.05) is 0 Å². The van der Waals surface area contributed by atoms with Crippen molar-refractivity contribution in [3.8, 4) is 5.69 Å². The average molecular weight is 262 g/mol. The maximum Gasteiger partial charge on any atom is 0.416 e. The van der Waals surface area contributed by atoms with Crippen LogP contribution in [0.2, 0.25) is 0 Å². The molecule has 0 aliphatic heterocycles. The fraction of sp³-hybridized carbons (Fsp3) is 0.100. The van der Waals surface area contributed by atoms with Gasteiger partial charge >= 0.3 is 6.18 Å². The van der Waals surface area contributed by atoms with Crippen molar-refractivity contribution in [1.82, 2.24) is 9.55 Å². The number of hydrogen-bond acceptors (Lipinski definition) is 1. The van der Waals surface area contributed by atoms with Gasteiger partial charge in [0, 0.05) is 12.4 Å². The van der Waals surface area contributed by atoms with Gasteiger partial charge in [-0.05, 0) is 30.4 Å². The Labute approximate surface area is 98.5 Å². The van der Waals surface area contributed by atoms with E-state index in [9.17, 15) is 17.6 Å². The molecule has 0 unspecified atom stereocenters. The highest BCUT2D eigenvalue weighted by molar-refractivity contribution is 7.71. The third-order valence-corrected chi connectivity index (χ3v) is 2.50. The summed E-state index contributed by atoms with van der Waals surface area (Å²) < 4.78 is 52.1. The Morgan fingerprint density at radius 3 is 2.47 bits per heavy atom. The molecule has 0 spiro atoms. The quantitative estimate of drug-likeness (QED) is 0.614. The van der Waals surface area contributed by atoms with Gasteiger partial charge < -0.3 is 4.98 Å². The molecule has 0 atom stereocenters. The van der Waals surface area contributed by atoms with Crippen molar-refractivity contribution in [3.63, 3.8) is 0 Å². The topological polar surface area (TPSA) is 20.7 Å². The van der Waals surface area contributed by atoms with Gasteiger partial charge in [0.1, 0.15) is 5.82 Å². The molecule has 0 bridgehead atoms. The first-order valence-corrected chi connectivity index (χ1v) is 4.93. The summed E-state index contributed by atoms with van der Waals surface area (Å²) in [4.78, 5) is 2.58. The summed E-state index contributed by atoms with van der Waals surface area (Å²) in [5, 5.41) is 0. The van der Waals surface area contributed by atoms with Crippen LogP contribution in [0.4, 0.5) is 17.6 Å². The van der Waals surface area contributed by atoms with Gasteiger partial charge in [0.15, 0.2) is 4.77 Å². The number of aromatic amines is 1. The first-order chi connectivity index (χ1) is 7.89. The zero-order valence-corrected chi connectivity index (χ0v) is 9.07. The van der Waals surface area contributed by atoms with Crippen LogP contribution in [-0.2, 0) is 6.18 Å². The molecule has 17 heavy (non-hydrogen) atoms. The third-order valence-electron chi connectivity index (χ3n) is 2.18. The summed E-state index contributed by atoms with van der Waals surface area (Å²) in [5.74, 6) is -0.770. The van der Waals surface area contributed by atoms with Crippen LogP contribution in [0.3, 0.4) is 0 Å². The van der Waals surface area contributed by atoms with E-state index in [1.54, 1.807) is 0 Å². The Hall–Kier alpha value is -1.63. The summed E-state index contributed by atoms with van der Waals surface area (Å²) >= 11 is 4.82. The van der Waals surface area contributed by atoms with Crippen molar-refractivity contribution in [1.29, 1.82) is 0 Å². The molecular formula is C10H6F4N2S. The van der Waals surface area contributed by atoms with Crippen LogP contribution in [0.1, 0.15) is 5.56 Å². The van der Waals surface area contributed by atoms with E-state index in [1.165, 1.54) is 12.4 Å². The fourth-order valence-corrected chi connectivity index (χ4v) is 1.61. The second-order valence-electron chi connectivity index (χ2n) is 3.30. The van der Waals surface area contributed by atoms with Gasteiger partial charge in [0.2, 0.25) is 0 Å². The van der Waals surface area contributed by atoms with E-state index in [4.69, 9.17) is 12.2 Å². The number of imidazole rings is 1.